The van der Waals surface area contributed by atoms with Gasteiger partial charge in [0, 0.05) is 63.1 Å². The number of hydrogen-bond donors (Lipinski definition) is 0. The Balaban J connectivity index is 1.14. The first-order valence-electron chi connectivity index (χ1n) is 21.3. The fraction of sp³-hybridized carbons (Fsp3) is 0.123. The van der Waals surface area contributed by atoms with Gasteiger partial charge in [-0.05, 0) is 120 Å². The van der Waals surface area contributed by atoms with E-state index in [1.165, 1.54) is 146 Å². The molecule has 0 unspecified atom stereocenters. The van der Waals surface area contributed by atoms with Gasteiger partial charge in [-0.3, -0.25) is 0 Å². The molecule has 2 heterocycles. The molecule has 2 aromatic heterocycles. The molecule has 2 nitrogen and oxygen atoms in total. The predicted octanol–water partition coefficient (Wildman–Crippen LogP) is 15.1. The molecule has 11 aromatic rings. The van der Waals surface area contributed by atoms with E-state index >= 15 is 0 Å². The van der Waals surface area contributed by atoms with Gasteiger partial charge in [0.05, 0.1) is 0 Å². The van der Waals surface area contributed by atoms with Gasteiger partial charge < -0.3 is 9.13 Å². The lowest BCUT2D eigenvalue weighted by molar-refractivity contribution is 0.550. The normalized spacial score (nSPS) is 14.5. The van der Waals surface area contributed by atoms with E-state index in [2.05, 4.69) is 193 Å². The van der Waals surface area contributed by atoms with Crippen LogP contribution in [0.4, 0.5) is 0 Å². The summed E-state index contributed by atoms with van der Waals surface area (Å²) >= 11 is 0. The van der Waals surface area contributed by atoms with Crippen LogP contribution in [0.25, 0.3) is 110 Å². The van der Waals surface area contributed by atoms with Crippen LogP contribution in [0.3, 0.4) is 0 Å². The van der Waals surface area contributed by atoms with Gasteiger partial charge in [-0.1, -0.05) is 152 Å². The lowest BCUT2D eigenvalue weighted by Gasteiger charge is -2.27. The van der Waals surface area contributed by atoms with Gasteiger partial charge in [-0.25, -0.2) is 0 Å². The number of hydrogen-bond acceptors (Lipinski definition) is 0. The second-order valence-corrected chi connectivity index (χ2v) is 17.2. The van der Waals surface area contributed by atoms with Crippen LogP contribution in [0.2, 0.25) is 0 Å². The molecule has 1 spiro atoms. The lowest BCUT2D eigenvalue weighted by Crippen LogP contribution is -2.20. The monoisotopic (exact) mass is 754 g/mol. The summed E-state index contributed by atoms with van der Waals surface area (Å²) in [7, 11) is 4.40. The molecule has 1 saturated carbocycles. The zero-order valence-corrected chi connectivity index (χ0v) is 33.4. The summed E-state index contributed by atoms with van der Waals surface area (Å²) in [6.45, 7) is 0. The van der Waals surface area contributed by atoms with Crippen molar-refractivity contribution in [3.05, 3.63) is 181 Å². The Hall–Kier alpha value is -6.90. The first kappa shape index (κ1) is 33.1. The predicted molar refractivity (Wildman–Crippen MR) is 250 cm³/mol. The summed E-state index contributed by atoms with van der Waals surface area (Å²) in [5.74, 6) is 0. The van der Waals surface area contributed by atoms with Crippen molar-refractivity contribution in [2.24, 2.45) is 14.1 Å². The van der Waals surface area contributed by atoms with E-state index in [4.69, 9.17) is 0 Å². The molecule has 0 N–H and O–H groups in total. The highest BCUT2D eigenvalue weighted by atomic mass is 14.9. The Morgan fingerprint density at radius 2 is 0.797 bits per heavy atom. The zero-order chi connectivity index (χ0) is 39.0. The molecule has 9 aromatic carbocycles. The first-order chi connectivity index (χ1) is 29.1. The van der Waals surface area contributed by atoms with Gasteiger partial charge >= 0.3 is 0 Å². The van der Waals surface area contributed by atoms with Crippen LogP contribution < -0.4 is 0 Å². The van der Waals surface area contributed by atoms with Crippen molar-refractivity contribution in [3.8, 4) is 44.5 Å². The number of aromatic nitrogens is 2. The van der Waals surface area contributed by atoms with Gasteiger partial charge in [0.1, 0.15) is 0 Å². The number of nitrogens with zero attached hydrogens (tertiary/aromatic N) is 2. The van der Waals surface area contributed by atoms with Crippen molar-refractivity contribution < 1.29 is 0 Å². The molecule has 0 amide bonds. The van der Waals surface area contributed by atoms with E-state index in [1.54, 1.807) is 0 Å². The Kier molecular flexibility index (Phi) is 6.77. The zero-order valence-electron chi connectivity index (χ0n) is 33.4. The molecule has 0 aliphatic heterocycles. The fourth-order valence-electron chi connectivity index (χ4n) is 11.8. The molecule has 2 heteroatoms. The first-order valence-corrected chi connectivity index (χ1v) is 21.3. The third kappa shape index (κ3) is 4.41. The van der Waals surface area contributed by atoms with E-state index < -0.39 is 0 Å². The maximum atomic E-state index is 2.51. The molecule has 59 heavy (non-hydrogen) atoms. The number of para-hydroxylation sites is 2. The average Bonchev–Trinajstić information content (AvgIpc) is 4.04. The highest BCUT2D eigenvalue weighted by Crippen LogP contribution is 2.60. The van der Waals surface area contributed by atoms with Crippen molar-refractivity contribution in [2.45, 2.75) is 31.1 Å². The third-order valence-electron chi connectivity index (χ3n) is 14.5. The SMILES string of the molecule is Cn1c2ccccc2c2ccc(-c3cccc4c(-c5cccc6c5-c5ccccc5C65CCCC5)c5cccc(-c6ccc7c8ccccc8n(C)c7c6)c5cc34)cc21. The van der Waals surface area contributed by atoms with Gasteiger partial charge in [-0.15, -0.1) is 0 Å². The van der Waals surface area contributed by atoms with Crippen LogP contribution in [-0.4, -0.2) is 9.13 Å². The third-order valence-corrected chi connectivity index (χ3v) is 14.5. The summed E-state index contributed by atoms with van der Waals surface area (Å²) < 4.78 is 4.70. The van der Waals surface area contributed by atoms with Crippen LogP contribution in [-0.2, 0) is 19.5 Å². The summed E-state index contributed by atoms with van der Waals surface area (Å²) in [5, 5.41) is 10.4. The molecule has 0 atom stereocenters. The maximum absolute atomic E-state index is 2.51. The van der Waals surface area contributed by atoms with E-state index in [1.807, 2.05) is 0 Å². The highest BCUT2D eigenvalue weighted by Gasteiger charge is 2.45. The molecular formula is C57H42N2. The second-order valence-electron chi connectivity index (χ2n) is 17.2. The summed E-state index contributed by atoms with van der Waals surface area (Å²) in [6.07, 6.45) is 5.00. The standard InChI is InChI=1S/C57H42N2/c1-58-51-24-7-4-14-39(51)41-28-26-35(32-53(41)58)37-17-11-19-43-47(37)34-48-38(36-27-29-42-40-15-5-8-25-52(40)59(2)54(42)33-36)18-12-20-44(48)55(43)46-21-13-23-50-56(46)45-16-3-6-22-49(45)57(50)30-9-10-31-57/h3-8,11-29,32-34H,9-10,30-31H2,1-2H3. The van der Waals surface area contributed by atoms with Crippen molar-refractivity contribution >= 4 is 65.2 Å². The molecular weight excluding hydrogens is 713 g/mol. The molecule has 0 bridgehead atoms. The summed E-state index contributed by atoms with van der Waals surface area (Å²) in [5.41, 5.74) is 18.7. The van der Waals surface area contributed by atoms with Crippen molar-refractivity contribution in [2.75, 3.05) is 0 Å². The number of fused-ring (bicyclic) bond motifs is 13. The molecule has 1 fully saturated rings. The van der Waals surface area contributed by atoms with Crippen LogP contribution >= 0.6 is 0 Å². The van der Waals surface area contributed by atoms with Crippen LogP contribution in [0.15, 0.2) is 170 Å². The van der Waals surface area contributed by atoms with Crippen molar-refractivity contribution in [3.63, 3.8) is 0 Å². The average molecular weight is 755 g/mol. The van der Waals surface area contributed by atoms with E-state index in [-0.39, 0.29) is 5.41 Å². The highest BCUT2D eigenvalue weighted by molar-refractivity contribution is 6.21. The maximum Gasteiger partial charge on any atom is 0.0494 e. The quantitative estimate of drug-likeness (QED) is 0.159. The number of rotatable bonds is 3. The second kappa shape index (κ2) is 12.1. The van der Waals surface area contributed by atoms with Gasteiger partial charge in [0.15, 0.2) is 0 Å². The van der Waals surface area contributed by atoms with Crippen LogP contribution in [0.5, 0.6) is 0 Å². The van der Waals surface area contributed by atoms with Crippen LogP contribution in [0.1, 0.15) is 36.8 Å². The van der Waals surface area contributed by atoms with Crippen molar-refractivity contribution in [1.29, 1.82) is 0 Å². The molecule has 0 radical (unpaired) electrons. The largest absolute Gasteiger partial charge is 0.344 e. The summed E-state index contributed by atoms with van der Waals surface area (Å²) in [4.78, 5) is 0. The molecule has 13 rings (SSSR count). The smallest absolute Gasteiger partial charge is 0.0494 e. The molecule has 0 saturated heterocycles. The Morgan fingerprint density at radius 1 is 0.339 bits per heavy atom. The molecule has 2 aliphatic carbocycles. The number of aryl methyl sites for hydroxylation is 2. The van der Waals surface area contributed by atoms with Gasteiger partial charge in [0.2, 0.25) is 0 Å². The van der Waals surface area contributed by atoms with E-state index in [9.17, 15) is 0 Å². The van der Waals surface area contributed by atoms with Gasteiger partial charge in [-0.2, -0.15) is 0 Å². The molecule has 280 valence electrons. The Labute approximate surface area is 343 Å². The minimum Gasteiger partial charge on any atom is -0.344 e. The Morgan fingerprint density at radius 3 is 1.41 bits per heavy atom. The topological polar surface area (TPSA) is 9.86 Å². The Bertz CT molecular complexity index is 3410. The van der Waals surface area contributed by atoms with E-state index in [0.29, 0.717) is 0 Å². The van der Waals surface area contributed by atoms with E-state index in [0.717, 1.165) is 0 Å². The summed E-state index contributed by atoms with van der Waals surface area (Å²) in [6, 6.07) is 64.8. The molecule has 2 aliphatic rings. The van der Waals surface area contributed by atoms with Crippen molar-refractivity contribution in [1.82, 2.24) is 9.13 Å². The fourth-order valence-corrected chi connectivity index (χ4v) is 11.8. The lowest BCUT2D eigenvalue weighted by atomic mass is 9.76. The number of benzene rings is 9. The van der Waals surface area contributed by atoms with Gasteiger partial charge in [0.25, 0.3) is 0 Å². The van der Waals surface area contributed by atoms with Crippen LogP contribution in [0, 0.1) is 0 Å². The minimum absolute atomic E-state index is 0.0979. The minimum atomic E-state index is 0.0979.